The average Bonchev–Trinajstić information content (AvgIpc) is 2.72. The van der Waals surface area contributed by atoms with E-state index in [1.165, 1.54) is 16.4 Å². The van der Waals surface area contributed by atoms with Crippen molar-refractivity contribution in [1.29, 1.82) is 0 Å². The van der Waals surface area contributed by atoms with Gasteiger partial charge in [0.2, 0.25) is 15.9 Å². The Morgan fingerprint density at radius 3 is 2.39 bits per heavy atom. The first kappa shape index (κ1) is 20.6. The summed E-state index contributed by atoms with van der Waals surface area (Å²) in [5.74, 6) is 0.811. The van der Waals surface area contributed by atoms with Gasteiger partial charge in [0.05, 0.1) is 11.5 Å². The minimum Gasteiger partial charge on any atom is -0.494 e. The Hall–Kier alpha value is -2.09. The van der Waals surface area contributed by atoms with Crippen molar-refractivity contribution in [3.8, 4) is 5.75 Å². The van der Waals surface area contributed by atoms with Crippen LogP contribution in [0.3, 0.4) is 0 Å². The second-order valence-corrected chi connectivity index (χ2v) is 8.88. The standard InChI is InChI=1S/C20H23ClN2O4S/c21-17-6-4-9-19(16-17)28(25,26)23-13-11-22(12-14-23)20(24)10-5-15-27-18-7-2-1-3-8-18/h1-4,6-9,16H,5,10-15H2. The second-order valence-electron chi connectivity index (χ2n) is 6.51. The van der Waals surface area contributed by atoms with Gasteiger partial charge in [0.15, 0.2) is 0 Å². The number of hydrogen-bond acceptors (Lipinski definition) is 4. The Bertz CT molecular complexity index is 897. The summed E-state index contributed by atoms with van der Waals surface area (Å²) in [6.45, 7) is 1.80. The van der Waals surface area contributed by atoms with Crippen LogP contribution < -0.4 is 4.74 Å². The molecule has 8 heteroatoms. The van der Waals surface area contributed by atoms with Crippen molar-refractivity contribution in [2.24, 2.45) is 0 Å². The summed E-state index contributed by atoms with van der Waals surface area (Å²) in [4.78, 5) is 14.3. The molecule has 2 aromatic rings. The molecule has 0 saturated carbocycles. The van der Waals surface area contributed by atoms with Gasteiger partial charge in [0, 0.05) is 37.6 Å². The third-order valence-electron chi connectivity index (χ3n) is 4.57. The zero-order valence-electron chi connectivity index (χ0n) is 15.5. The minimum atomic E-state index is -3.59. The molecule has 1 heterocycles. The molecule has 1 saturated heterocycles. The summed E-state index contributed by atoms with van der Waals surface area (Å²) in [6.07, 6.45) is 1.00. The Morgan fingerprint density at radius 2 is 1.71 bits per heavy atom. The van der Waals surface area contributed by atoms with E-state index in [0.717, 1.165) is 5.75 Å². The van der Waals surface area contributed by atoms with E-state index in [1.54, 1.807) is 17.0 Å². The van der Waals surface area contributed by atoms with Gasteiger partial charge < -0.3 is 9.64 Å². The van der Waals surface area contributed by atoms with Gasteiger partial charge in [-0.2, -0.15) is 4.31 Å². The molecule has 2 aromatic carbocycles. The topological polar surface area (TPSA) is 66.9 Å². The molecule has 0 unspecified atom stereocenters. The number of carbonyl (C=O) groups is 1. The van der Waals surface area contributed by atoms with Crippen molar-refractivity contribution in [2.45, 2.75) is 17.7 Å². The highest BCUT2D eigenvalue weighted by Crippen LogP contribution is 2.21. The lowest BCUT2D eigenvalue weighted by Crippen LogP contribution is -2.50. The molecule has 0 spiro atoms. The fraction of sp³-hybridized carbons (Fsp3) is 0.350. The molecule has 28 heavy (non-hydrogen) atoms. The maximum absolute atomic E-state index is 12.7. The zero-order valence-corrected chi connectivity index (χ0v) is 17.0. The van der Waals surface area contributed by atoms with E-state index in [-0.39, 0.29) is 23.9 Å². The molecule has 0 bridgehead atoms. The quantitative estimate of drug-likeness (QED) is 0.643. The fourth-order valence-electron chi connectivity index (χ4n) is 3.04. The largest absolute Gasteiger partial charge is 0.494 e. The summed E-state index contributed by atoms with van der Waals surface area (Å²) in [5, 5.41) is 0.382. The second kappa shape index (κ2) is 9.41. The molecule has 1 amide bonds. The van der Waals surface area contributed by atoms with E-state index in [2.05, 4.69) is 0 Å². The number of sulfonamides is 1. The highest BCUT2D eigenvalue weighted by molar-refractivity contribution is 7.89. The summed E-state index contributed by atoms with van der Waals surface area (Å²) >= 11 is 5.91. The first-order valence-corrected chi connectivity index (χ1v) is 11.0. The van der Waals surface area contributed by atoms with E-state index in [1.807, 2.05) is 30.3 Å². The van der Waals surface area contributed by atoms with Crippen LogP contribution in [-0.2, 0) is 14.8 Å². The van der Waals surface area contributed by atoms with Crippen LogP contribution in [0.1, 0.15) is 12.8 Å². The third kappa shape index (κ3) is 5.25. The van der Waals surface area contributed by atoms with Crippen LogP contribution in [0.25, 0.3) is 0 Å². The van der Waals surface area contributed by atoms with Crippen LogP contribution in [0, 0.1) is 0 Å². The zero-order chi connectivity index (χ0) is 20.0. The van der Waals surface area contributed by atoms with Crippen molar-refractivity contribution in [3.05, 3.63) is 59.6 Å². The van der Waals surface area contributed by atoms with Crippen LogP contribution in [0.15, 0.2) is 59.5 Å². The maximum atomic E-state index is 12.7. The lowest BCUT2D eigenvalue weighted by atomic mass is 10.2. The molecule has 0 aliphatic carbocycles. The number of ether oxygens (including phenoxy) is 1. The number of amides is 1. The molecule has 150 valence electrons. The van der Waals surface area contributed by atoms with Crippen LogP contribution in [0.4, 0.5) is 0 Å². The summed E-state index contributed by atoms with van der Waals surface area (Å²) < 4.78 is 32.4. The lowest BCUT2D eigenvalue weighted by molar-refractivity contribution is -0.132. The Labute approximate surface area is 170 Å². The smallest absolute Gasteiger partial charge is 0.243 e. The van der Waals surface area contributed by atoms with Crippen LogP contribution in [-0.4, -0.2) is 56.3 Å². The summed E-state index contributed by atoms with van der Waals surface area (Å²) in [6, 6.07) is 15.7. The molecule has 1 aliphatic rings. The van der Waals surface area contributed by atoms with Crippen LogP contribution >= 0.6 is 11.6 Å². The maximum Gasteiger partial charge on any atom is 0.243 e. The monoisotopic (exact) mass is 422 g/mol. The highest BCUT2D eigenvalue weighted by atomic mass is 35.5. The molecular formula is C20H23ClN2O4S. The van der Waals surface area contributed by atoms with Gasteiger partial charge in [-0.25, -0.2) is 8.42 Å². The van der Waals surface area contributed by atoms with Crippen molar-refractivity contribution >= 4 is 27.5 Å². The number of halogens is 1. The number of benzene rings is 2. The first-order valence-electron chi connectivity index (χ1n) is 9.18. The van der Waals surface area contributed by atoms with Crippen LogP contribution in [0.5, 0.6) is 5.75 Å². The van der Waals surface area contributed by atoms with Crippen molar-refractivity contribution in [2.75, 3.05) is 32.8 Å². The van der Waals surface area contributed by atoms with Gasteiger partial charge in [-0.1, -0.05) is 35.9 Å². The molecule has 1 fully saturated rings. The highest BCUT2D eigenvalue weighted by Gasteiger charge is 2.30. The molecular weight excluding hydrogens is 400 g/mol. The number of hydrogen-bond donors (Lipinski definition) is 0. The van der Waals surface area contributed by atoms with Crippen molar-refractivity contribution in [1.82, 2.24) is 9.21 Å². The first-order chi connectivity index (χ1) is 13.5. The van der Waals surface area contributed by atoms with Gasteiger partial charge in [0.25, 0.3) is 0 Å². The van der Waals surface area contributed by atoms with Gasteiger partial charge in [-0.15, -0.1) is 0 Å². The van der Waals surface area contributed by atoms with E-state index in [0.29, 0.717) is 37.6 Å². The van der Waals surface area contributed by atoms with Crippen molar-refractivity contribution in [3.63, 3.8) is 0 Å². The number of rotatable bonds is 7. The Kier molecular flexibility index (Phi) is 6.93. The number of piperazine rings is 1. The van der Waals surface area contributed by atoms with E-state index in [9.17, 15) is 13.2 Å². The number of carbonyl (C=O) groups excluding carboxylic acids is 1. The fourth-order valence-corrected chi connectivity index (χ4v) is 4.77. The van der Waals surface area contributed by atoms with Crippen molar-refractivity contribution < 1.29 is 17.9 Å². The van der Waals surface area contributed by atoms with E-state index in [4.69, 9.17) is 16.3 Å². The predicted molar refractivity (Wildman–Crippen MR) is 108 cm³/mol. The molecule has 0 atom stereocenters. The Morgan fingerprint density at radius 1 is 1.00 bits per heavy atom. The third-order valence-corrected chi connectivity index (χ3v) is 6.70. The van der Waals surface area contributed by atoms with Gasteiger partial charge in [-0.3, -0.25) is 4.79 Å². The summed E-state index contributed by atoms with van der Waals surface area (Å²) in [7, 11) is -3.59. The lowest BCUT2D eigenvalue weighted by Gasteiger charge is -2.34. The summed E-state index contributed by atoms with van der Waals surface area (Å²) in [5.41, 5.74) is 0. The SMILES string of the molecule is O=C(CCCOc1ccccc1)N1CCN(S(=O)(=O)c2cccc(Cl)c2)CC1. The molecule has 6 nitrogen and oxygen atoms in total. The molecule has 0 aromatic heterocycles. The predicted octanol–water partition coefficient (Wildman–Crippen LogP) is 3.03. The molecule has 3 rings (SSSR count). The van der Waals surface area contributed by atoms with E-state index < -0.39 is 10.0 Å². The Balaban J connectivity index is 1.45. The number of nitrogens with zero attached hydrogens (tertiary/aromatic N) is 2. The van der Waals surface area contributed by atoms with Gasteiger partial charge >= 0.3 is 0 Å². The van der Waals surface area contributed by atoms with E-state index >= 15 is 0 Å². The molecule has 0 N–H and O–H groups in total. The van der Waals surface area contributed by atoms with Gasteiger partial charge in [0.1, 0.15) is 5.75 Å². The molecule has 1 aliphatic heterocycles. The van der Waals surface area contributed by atoms with Crippen LogP contribution in [0.2, 0.25) is 5.02 Å². The normalized spacial score (nSPS) is 15.4. The average molecular weight is 423 g/mol. The molecule has 0 radical (unpaired) electrons. The van der Waals surface area contributed by atoms with Gasteiger partial charge in [-0.05, 0) is 36.8 Å². The minimum absolute atomic E-state index is 0.0245. The number of para-hydroxylation sites is 1.